The molecule has 0 spiro atoms. The summed E-state index contributed by atoms with van der Waals surface area (Å²) in [6.45, 7) is 1.08. The molecule has 16 heavy (non-hydrogen) atoms. The first-order valence-electron chi connectivity index (χ1n) is 4.59. The van der Waals surface area contributed by atoms with Crippen LogP contribution in [0.3, 0.4) is 0 Å². The summed E-state index contributed by atoms with van der Waals surface area (Å²) in [5, 5.41) is 7.42. The van der Waals surface area contributed by atoms with E-state index in [-0.39, 0.29) is 0 Å². The maximum Gasteiger partial charge on any atom is 0.300 e. The lowest BCUT2D eigenvalue weighted by atomic mass is 10.5. The quantitative estimate of drug-likeness (QED) is 0.733. The van der Waals surface area contributed by atoms with Gasteiger partial charge in [0, 0.05) is 38.8 Å². The number of imidazole rings is 1. The minimum atomic E-state index is -0.833. The lowest BCUT2D eigenvalue weighted by Crippen LogP contribution is -1.78. The summed E-state index contributed by atoms with van der Waals surface area (Å²) < 4.78 is 1.89. The second-order valence-electron chi connectivity index (χ2n) is 2.77. The van der Waals surface area contributed by atoms with E-state index in [1.165, 1.54) is 0 Å². The van der Waals surface area contributed by atoms with Gasteiger partial charge in [-0.15, -0.1) is 0 Å². The van der Waals surface area contributed by atoms with E-state index in [1.807, 2.05) is 36.0 Å². The smallest absolute Gasteiger partial charge is 0.300 e. The van der Waals surface area contributed by atoms with Gasteiger partial charge in [0.15, 0.2) is 0 Å². The van der Waals surface area contributed by atoms with Crippen LogP contribution in [0.2, 0.25) is 0 Å². The van der Waals surface area contributed by atoms with Crippen LogP contribution in [0.1, 0.15) is 6.92 Å². The van der Waals surface area contributed by atoms with Gasteiger partial charge in [-0.2, -0.15) is 0 Å². The molecular formula is C11H15N3O2. The van der Waals surface area contributed by atoms with Gasteiger partial charge in [-0.1, -0.05) is 6.07 Å². The Morgan fingerprint density at radius 3 is 1.81 bits per heavy atom. The number of aryl methyl sites for hydroxylation is 1. The number of hydrogen-bond donors (Lipinski definition) is 1. The highest BCUT2D eigenvalue weighted by Gasteiger charge is 1.69. The van der Waals surface area contributed by atoms with Gasteiger partial charge in [0.2, 0.25) is 0 Å². The maximum absolute atomic E-state index is 9.00. The minimum Gasteiger partial charge on any atom is -0.481 e. The fourth-order valence-electron chi connectivity index (χ4n) is 0.638. The van der Waals surface area contributed by atoms with Crippen LogP contribution >= 0.6 is 0 Å². The predicted molar refractivity (Wildman–Crippen MR) is 60.8 cm³/mol. The van der Waals surface area contributed by atoms with Crippen LogP contribution in [0.5, 0.6) is 0 Å². The van der Waals surface area contributed by atoms with Gasteiger partial charge >= 0.3 is 0 Å². The van der Waals surface area contributed by atoms with Crippen molar-refractivity contribution in [1.29, 1.82) is 0 Å². The van der Waals surface area contributed by atoms with Crippen molar-refractivity contribution in [3.8, 4) is 0 Å². The van der Waals surface area contributed by atoms with Crippen molar-refractivity contribution in [3.63, 3.8) is 0 Å². The standard InChI is InChI=1S/C5H5N.C4H6N2.C2H4O2/c1-2-4-6-5-3-1;1-6-3-2-5-4-6;1-2(3)4/h1-5H;2-4H,1H3;1H3,(H,3,4). The maximum atomic E-state index is 9.00. The van der Waals surface area contributed by atoms with Crippen LogP contribution in [0.15, 0.2) is 49.3 Å². The first-order chi connectivity index (χ1) is 7.63. The van der Waals surface area contributed by atoms with Crippen molar-refractivity contribution >= 4 is 5.97 Å². The Morgan fingerprint density at radius 2 is 1.69 bits per heavy atom. The molecule has 0 aromatic carbocycles. The Morgan fingerprint density at radius 1 is 1.12 bits per heavy atom. The summed E-state index contributed by atoms with van der Waals surface area (Å²) in [5.41, 5.74) is 0. The fourth-order valence-corrected chi connectivity index (χ4v) is 0.638. The second kappa shape index (κ2) is 9.39. The monoisotopic (exact) mass is 221 g/mol. The summed E-state index contributed by atoms with van der Waals surface area (Å²) in [7, 11) is 1.94. The van der Waals surface area contributed by atoms with Crippen molar-refractivity contribution < 1.29 is 9.90 Å². The first-order valence-corrected chi connectivity index (χ1v) is 4.59. The highest BCUT2D eigenvalue weighted by Crippen LogP contribution is 1.74. The van der Waals surface area contributed by atoms with E-state index in [0.717, 1.165) is 6.92 Å². The number of hydrogen-bond acceptors (Lipinski definition) is 3. The highest BCUT2D eigenvalue weighted by molar-refractivity contribution is 5.62. The molecule has 0 saturated carbocycles. The van der Waals surface area contributed by atoms with E-state index in [4.69, 9.17) is 9.90 Å². The molecule has 0 fully saturated rings. The molecular weight excluding hydrogens is 206 g/mol. The largest absolute Gasteiger partial charge is 0.481 e. The van der Waals surface area contributed by atoms with Crippen molar-refractivity contribution in [2.24, 2.45) is 7.05 Å². The molecule has 0 radical (unpaired) electrons. The zero-order valence-corrected chi connectivity index (χ0v) is 9.32. The Labute approximate surface area is 94.4 Å². The van der Waals surface area contributed by atoms with Crippen molar-refractivity contribution in [1.82, 2.24) is 14.5 Å². The number of carbonyl (C=O) groups is 1. The van der Waals surface area contributed by atoms with Crippen molar-refractivity contribution in [2.75, 3.05) is 0 Å². The Kier molecular flexibility index (Phi) is 8.11. The second-order valence-corrected chi connectivity index (χ2v) is 2.77. The molecule has 0 amide bonds. The van der Waals surface area contributed by atoms with Crippen LogP contribution in [0, 0.1) is 0 Å². The Hall–Kier alpha value is -2.17. The molecule has 2 aromatic heterocycles. The number of carboxylic acids is 1. The SMILES string of the molecule is CC(=O)O.Cn1ccnc1.c1ccncc1. The molecule has 0 unspecified atom stereocenters. The molecule has 2 rings (SSSR count). The molecule has 1 N–H and O–H groups in total. The third-order valence-electron chi connectivity index (χ3n) is 1.20. The van der Waals surface area contributed by atoms with E-state index in [1.54, 1.807) is 24.9 Å². The molecule has 0 saturated heterocycles. The third-order valence-corrected chi connectivity index (χ3v) is 1.20. The summed E-state index contributed by atoms with van der Waals surface area (Å²) in [6, 6.07) is 5.72. The molecule has 5 heteroatoms. The zero-order chi connectivity index (χ0) is 12.2. The first kappa shape index (κ1) is 13.8. The van der Waals surface area contributed by atoms with E-state index in [0.29, 0.717) is 0 Å². The van der Waals surface area contributed by atoms with Crippen LogP contribution in [0.25, 0.3) is 0 Å². The average Bonchev–Trinajstić information content (AvgIpc) is 2.72. The lowest BCUT2D eigenvalue weighted by molar-refractivity contribution is -0.134. The van der Waals surface area contributed by atoms with Crippen molar-refractivity contribution in [2.45, 2.75) is 6.92 Å². The lowest BCUT2D eigenvalue weighted by Gasteiger charge is -1.76. The molecule has 0 bridgehead atoms. The van der Waals surface area contributed by atoms with Gasteiger partial charge in [0.1, 0.15) is 0 Å². The van der Waals surface area contributed by atoms with E-state index in [9.17, 15) is 0 Å². The molecule has 0 atom stereocenters. The normalized spacial score (nSPS) is 7.88. The number of aromatic nitrogens is 3. The number of nitrogens with zero attached hydrogens (tertiary/aromatic N) is 3. The molecule has 2 aromatic rings. The average molecular weight is 221 g/mol. The number of rotatable bonds is 0. The minimum absolute atomic E-state index is 0.833. The summed E-state index contributed by atoms with van der Waals surface area (Å²) in [5.74, 6) is -0.833. The molecule has 86 valence electrons. The Balaban J connectivity index is 0.000000217. The molecule has 5 nitrogen and oxygen atoms in total. The number of pyridine rings is 1. The molecule has 0 aliphatic heterocycles. The van der Waals surface area contributed by atoms with E-state index in [2.05, 4.69) is 9.97 Å². The van der Waals surface area contributed by atoms with Crippen LogP contribution < -0.4 is 0 Å². The van der Waals surface area contributed by atoms with Crippen LogP contribution in [0.4, 0.5) is 0 Å². The van der Waals surface area contributed by atoms with Crippen molar-refractivity contribution in [3.05, 3.63) is 49.3 Å². The van der Waals surface area contributed by atoms with Gasteiger partial charge < -0.3 is 9.67 Å². The van der Waals surface area contributed by atoms with Gasteiger partial charge in [-0.3, -0.25) is 9.78 Å². The summed E-state index contributed by atoms with van der Waals surface area (Å²) in [4.78, 5) is 16.6. The third kappa shape index (κ3) is 11.8. The van der Waals surface area contributed by atoms with Crippen LogP contribution in [-0.4, -0.2) is 25.6 Å². The Bertz CT molecular complexity index is 329. The van der Waals surface area contributed by atoms with E-state index < -0.39 is 5.97 Å². The van der Waals surface area contributed by atoms with Crippen LogP contribution in [-0.2, 0) is 11.8 Å². The predicted octanol–water partition coefficient (Wildman–Crippen LogP) is 1.59. The van der Waals surface area contributed by atoms with Gasteiger partial charge in [-0.05, 0) is 12.1 Å². The number of aliphatic carboxylic acids is 1. The highest BCUT2D eigenvalue weighted by atomic mass is 16.4. The topological polar surface area (TPSA) is 68.0 Å². The van der Waals surface area contributed by atoms with E-state index >= 15 is 0 Å². The fraction of sp³-hybridized carbons (Fsp3) is 0.182. The molecule has 0 aliphatic carbocycles. The van der Waals surface area contributed by atoms with Gasteiger partial charge in [0.25, 0.3) is 5.97 Å². The zero-order valence-electron chi connectivity index (χ0n) is 9.32. The molecule has 2 heterocycles. The molecule has 0 aliphatic rings. The summed E-state index contributed by atoms with van der Waals surface area (Å²) in [6.07, 6.45) is 8.89. The summed E-state index contributed by atoms with van der Waals surface area (Å²) >= 11 is 0. The van der Waals surface area contributed by atoms with Gasteiger partial charge in [0.05, 0.1) is 6.33 Å². The number of carboxylic acid groups (broad SMARTS) is 1. The van der Waals surface area contributed by atoms with Gasteiger partial charge in [-0.25, -0.2) is 4.98 Å².